The van der Waals surface area contributed by atoms with Crippen LogP contribution in [-0.2, 0) is 11.3 Å². The van der Waals surface area contributed by atoms with Gasteiger partial charge in [-0.05, 0) is 17.7 Å². The number of anilines is 1. The van der Waals surface area contributed by atoms with Crippen molar-refractivity contribution in [1.29, 1.82) is 0 Å². The molecule has 1 heterocycles. The predicted octanol–water partition coefficient (Wildman–Crippen LogP) is 2.16. The molecule has 3 rings (SSSR count). The first kappa shape index (κ1) is 16.4. The molecule has 0 bridgehead atoms. The quantitative estimate of drug-likeness (QED) is 0.748. The van der Waals surface area contributed by atoms with Gasteiger partial charge in [0.1, 0.15) is 0 Å². The van der Waals surface area contributed by atoms with E-state index in [0.29, 0.717) is 12.2 Å². The van der Waals surface area contributed by atoms with Gasteiger partial charge in [-0.3, -0.25) is 9.59 Å². The van der Waals surface area contributed by atoms with Crippen molar-refractivity contribution in [2.45, 2.75) is 13.5 Å². The highest BCUT2D eigenvalue weighted by molar-refractivity contribution is 6.01. The van der Waals surface area contributed by atoms with E-state index in [1.54, 1.807) is 0 Å². The van der Waals surface area contributed by atoms with Crippen molar-refractivity contribution in [2.75, 3.05) is 5.32 Å². The number of para-hydroxylation sites is 1. The Morgan fingerprint density at radius 2 is 1.64 bits per heavy atom. The Morgan fingerprint density at radius 1 is 1.00 bits per heavy atom. The minimum absolute atomic E-state index is 0.0648. The van der Waals surface area contributed by atoms with Gasteiger partial charge in [0.05, 0.1) is 5.69 Å². The van der Waals surface area contributed by atoms with Gasteiger partial charge in [-0.15, -0.1) is 5.10 Å². The number of carbonyl (C=O) groups excluding carboxylic acids is 2. The lowest BCUT2D eigenvalue weighted by molar-refractivity contribution is -0.114. The van der Waals surface area contributed by atoms with Crippen molar-refractivity contribution >= 4 is 17.6 Å². The molecule has 25 heavy (non-hydrogen) atoms. The number of hydrogen-bond acceptors (Lipinski definition) is 4. The van der Waals surface area contributed by atoms with Gasteiger partial charge in [0.25, 0.3) is 5.91 Å². The van der Waals surface area contributed by atoms with Gasteiger partial charge in [-0.1, -0.05) is 53.7 Å². The summed E-state index contributed by atoms with van der Waals surface area (Å²) in [6.45, 7) is 1.73. The molecular weight excluding hydrogens is 318 g/mol. The van der Waals surface area contributed by atoms with Gasteiger partial charge in [0.15, 0.2) is 11.5 Å². The van der Waals surface area contributed by atoms with Crippen molar-refractivity contribution in [2.24, 2.45) is 0 Å². The molecule has 0 aliphatic heterocycles. The number of hydrogen-bond donors (Lipinski definition) is 2. The molecule has 0 unspecified atom stereocenters. The number of nitrogens with one attached hydrogen (secondary N) is 2. The van der Waals surface area contributed by atoms with Gasteiger partial charge in [-0.25, -0.2) is 0 Å². The topological polar surface area (TPSA) is 88.9 Å². The molecule has 0 fully saturated rings. The molecule has 0 saturated heterocycles. The normalized spacial score (nSPS) is 10.3. The summed E-state index contributed by atoms with van der Waals surface area (Å²) >= 11 is 0. The average Bonchev–Trinajstić information content (AvgIpc) is 3.04. The number of amides is 2. The van der Waals surface area contributed by atoms with Gasteiger partial charge in [0, 0.05) is 13.5 Å². The van der Waals surface area contributed by atoms with E-state index < -0.39 is 5.91 Å². The van der Waals surface area contributed by atoms with Gasteiger partial charge in [-0.2, -0.15) is 4.68 Å². The van der Waals surface area contributed by atoms with E-state index in [0.717, 1.165) is 5.56 Å². The Labute approximate surface area is 144 Å². The van der Waals surface area contributed by atoms with E-state index in [4.69, 9.17) is 0 Å². The van der Waals surface area contributed by atoms with Crippen LogP contribution in [0.1, 0.15) is 23.0 Å². The Balaban J connectivity index is 1.86. The maximum atomic E-state index is 12.5. The van der Waals surface area contributed by atoms with Crippen LogP contribution < -0.4 is 10.6 Å². The highest BCUT2D eigenvalue weighted by atomic mass is 16.2. The molecule has 0 radical (unpaired) electrons. The predicted molar refractivity (Wildman–Crippen MR) is 93.3 cm³/mol. The third-order valence-corrected chi connectivity index (χ3v) is 3.48. The van der Waals surface area contributed by atoms with Gasteiger partial charge >= 0.3 is 0 Å². The SMILES string of the molecule is CC(=O)Nc1c(C(=O)NCc2ccccc2)nnn1-c1ccccc1. The van der Waals surface area contributed by atoms with Crippen LogP contribution in [-0.4, -0.2) is 26.8 Å². The lowest BCUT2D eigenvalue weighted by atomic mass is 10.2. The van der Waals surface area contributed by atoms with Crippen LogP contribution in [0.5, 0.6) is 0 Å². The first-order valence-electron chi connectivity index (χ1n) is 7.76. The summed E-state index contributed by atoms with van der Waals surface area (Å²) in [6.07, 6.45) is 0. The molecule has 2 N–H and O–H groups in total. The third-order valence-electron chi connectivity index (χ3n) is 3.48. The molecule has 2 aromatic carbocycles. The largest absolute Gasteiger partial charge is 0.346 e. The molecule has 0 saturated carbocycles. The fraction of sp³-hybridized carbons (Fsp3) is 0.111. The zero-order chi connectivity index (χ0) is 17.6. The standard InChI is InChI=1S/C18H17N5O2/c1-13(24)20-17-16(18(25)19-12-14-8-4-2-5-9-14)21-22-23(17)15-10-6-3-7-11-15/h2-11H,12H2,1H3,(H,19,25)(H,20,24). The maximum Gasteiger partial charge on any atom is 0.276 e. The Hall–Kier alpha value is -3.48. The Morgan fingerprint density at radius 3 is 2.28 bits per heavy atom. The number of carbonyl (C=O) groups is 2. The Bertz CT molecular complexity index is 875. The molecule has 0 aliphatic rings. The van der Waals surface area contributed by atoms with Crippen molar-refractivity contribution in [3.8, 4) is 5.69 Å². The average molecular weight is 335 g/mol. The molecule has 126 valence electrons. The molecule has 1 aromatic heterocycles. The lowest BCUT2D eigenvalue weighted by Gasteiger charge is -2.08. The number of benzene rings is 2. The molecule has 0 spiro atoms. The lowest BCUT2D eigenvalue weighted by Crippen LogP contribution is -2.25. The van der Waals surface area contributed by atoms with E-state index in [-0.39, 0.29) is 17.4 Å². The Kier molecular flexibility index (Phi) is 4.84. The zero-order valence-electron chi connectivity index (χ0n) is 13.6. The van der Waals surface area contributed by atoms with E-state index in [1.165, 1.54) is 11.6 Å². The zero-order valence-corrected chi connectivity index (χ0v) is 13.6. The second-order valence-electron chi connectivity index (χ2n) is 5.38. The molecular formula is C18H17N5O2. The summed E-state index contributed by atoms with van der Waals surface area (Å²) < 4.78 is 1.43. The molecule has 7 nitrogen and oxygen atoms in total. The van der Waals surface area contributed by atoms with E-state index in [2.05, 4.69) is 20.9 Å². The second-order valence-corrected chi connectivity index (χ2v) is 5.38. The summed E-state index contributed by atoms with van der Waals surface area (Å²) in [5.74, 6) is -0.476. The molecule has 0 atom stereocenters. The van der Waals surface area contributed by atoms with Crippen molar-refractivity contribution in [3.63, 3.8) is 0 Å². The molecule has 2 amide bonds. The van der Waals surface area contributed by atoms with E-state index >= 15 is 0 Å². The first-order valence-corrected chi connectivity index (χ1v) is 7.76. The smallest absolute Gasteiger partial charge is 0.276 e. The van der Waals surface area contributed by atoms with Gasteiger partial charge in [0.2, 0.25) is 5.91 Å². The van der Waals surface area contributed by atoms with Crippen LogP contribution in [0.4, 0.5) is 5.82 Å². The number of rotatable bonds is 5. The summed E-state index contributed by atoms with van der Waals surface area (Å²) in [5, 5.41) is 13.4. The first-order chi connectivity index (χ1) is 12.1. The minimum Gasteiger partial charge on any atom is -0.346 e. The van der Waals surface area contributed by atoms with Crippen LogP contribution in [0.3, 0.4) is 0 Å². The van der Waals surface area contributed by atoms with Crippen molar-refractivity contribution in [1.82, 2.24) is 20.3 Å². The van der Waals surface area contributed by atoms with Crippen LogP contribution in [0, 0.1) is 0 Å². The summed E-state index contributed by atoms with van der Waals surface area (Å²) in [4.78, 5) is 24.0. The molecule has 3 aromatic rings. The summed E-state index contributed by atoms with van der Waals surface area (Å²) in [5.41, 5.74) is 1.73. The maximum absolute atomic E-state index is 12.5. The monoisotopic (exact) mass is 335 g/mol. The van der Waals surface area contributed by atoms with E-state index in [9.17, 15) is 9.59 Å². The fourth-order valence-corrected chi connectivity index (χ4v) is 2.33. The van der Waals surface area contributed by atoms with Crippen LogP contribution in [0.25, 0.3) is 5.69 Å². The highest BCUT2D eigenvalue weighted by Gasteiger charge is 2.21. The molecule has 0 aliphatic carbocycles. The second kappa shape index (κ2) is 7.39. The number of nitrogens with zero attached hydrogens (tertiary/aromatic N) is 3. The van der Waals surface area contributed by atoms with Gasteiger partial charge < -0.3 is 10.6 Å². The van der Waals surface area contributed by atoms with Crippen molar-refractivity contribution in [3.05, 3.63) is 71.9 Å². The van der Waals surface area contributed by atoms with Crippen molar-refractivity contribution < 1.29 is 9.59 Å². The van der Waals surface area contributed by atoms with Crippen LogP contribution in [0.15, 0.2) is 60.7 Å². The summed E-state index contributed by atoms with van der Waals surface area (Å²) in [6, 6.07) is 18.7. The number of aromatic nitrogens is 3. The van der Waals surface area contributed by atoms with E-state index in [1.807, 2.05) is 60.7 Å². The van der Waals surface area contributed by atoms with Crippen LogP contribution >= 0.6 is 0 Å². The molecule has 7 heteroatoms. The highest BCUT2D eigenvalue weighted by Crippen LogP contribution is 2.18. The van der Waals surface area contributed by atoms with Crippen LogP contribution in [0.2, 0.25) is 0 Å². The fourth-order valence-electron chi connectivity index (χ4n) is 2.33. The minimum atomic E-state index is -0.408. The summed E-state index contributed by atoms with van der Waals surface area (Å²) in [7, 11) is 0. The third kappa shape index (κ3) is 3.89.